The Morgan fingerprint density at radius 2 is 1.49 bits per heavy atom. The first-order chi connectivity index (χ1) is 16.2. The summed E-state index contributed by atoms with van der Waals surface area (Å²) in [5.41, 5.74) is -3.57. The zero-order valence-electron chi connectivity index (χ0n) is 18.8. The summed E-state index contributed by atoms with van der Waals surface area (Å²) >= 11 is 0. The zero-order chi connectivity index (χ0) is 26.0. The SMILES string of the molecule is CC(C(=O)NC1(c2ccccc2)CCC(CC(=O)[O-])CC1)c1cc(C(F)(F)F)cc(C(F)(F)F)c1. The number of carboxylic acids is 1. The number of alkyl halides is 6. The van der Waals surface area contributed by atoms with Crippen LogP contribution >= 0.6 is 0 Å². The molecule has 3 rings (SSSR count). The molecule has 0 heterocycles. The van der Waals surface area contributed by atoms with Crippen molar-refractivity contribution in [2.24, 2.45) is 5.92 Å². The van der Waals surface area contributed by atoms with Crippen LogP contribution in [-0.2, 0) is 27.5 Å². The van der Waals surface area contributed by atoms with Crippen molar-refractivity contribution < 1.29 is 41.0 Å². The number of hydrogen-bond acceptors (Lipinski definition) is 3. The summed E-state index contributed by atoms with van der Waals surface area (Å²) < 4.78 is 79.6. The minimum atomic E-state index is -5.02. The van der Waals surface area contributed by atoms with E-state index in [-0.39, 0.29) is 18.4 Å². The second-order valence-electron chi connectivity index (χ2n) is 9.02. The summed E-state index contributed by atoms with van der Waals surface area (Å²) in [6, 6.07) is 9.97. The van der Waals surface area contributed by atoms with Gasteiger partial charge in [0.05, 0.1) is 22.6 Å². The van der Waals surface area contributed by atoms with Gasteiger partial charge in [-0.25, -0.2) is 0 Å². The largest absolute Gasteiger partial charge is 0.550 e. The van der Waals surface area contributed by atoms with Gasteiger partial charge in [0.2, 0.25) is 5.91 Å². The fourth-order valence-corrected chi connectivity index (χ4v) is 4.58. The van der Waals surface area contributed by atoms with E-state index in [0.29, 0.717) is 37.8 Å². The lowest BCUT2D eigenvalue weighted by atomic mass is 9.71. The molecule has 1 atom stereocenters. The van der Waals surface area contributed by atoms with E-state index in [9.17, 15) is 41.0 Å². The normalized spacial score (nSPS) is 21.9. The second-order valence-corrected chi connectivity index (χ2v) is 9.02. The van der Waals surface area contributed by atoms with Gasteiger partial charge >= 0.3 is 12.4 Å². The van der Waals surface area contributed by atoms with Crippen LogP contribution in [0, 0.1) is 5.92 Å². The molecule has 0 radical (unpaired) electrons. The van der Waals surface area contributed by atoms with Crippen molar-refractivity contribution in [3.05, 3.63) is 70.8 Å². The van der Waals surface area contributed by atoms with E-state index in [4.69, 9.17) is 0 Å². The number of halogens is 6. The third kappa shape index (κ3) is 6.35. The Morgan fingerprint density at radius 3 is 1.94 bits per heavy atom. The summed E-state index contributed by atoms with van der Waals surface area (Å²) in [6.45, 7) is 1.26. The average Bonchev–Trinajstić information content (AvgIpc) is 2.78. The molecule has 2 aromatic carbocycles. The Kier molecular flexibility index (Phi) is 7.52. The van der Waals surface area contributed by atoms with Crippen molar-refractivity contribution in [3.63, 3.8) is 0 Å². The van der Waals surface area contributed by atoms with E-state index in [2.05, 4.69) is 5.32 Å². The molecular weight excluding hydrogens is 476 g/mol. The van der Waals surface area contributed by atoms with E-state index < -0.39 is 52.4 Å². The number of nitrogens with one attached hydrogen (secondary N) is 1. The molecule has 0 bridgehead atoms. The molecule has 0 saturated heterocycles. The average molecular weight is 500 g/mol. The first-order valence-electron chi connectivity index (χ1n) is 11.1. The van der Waals surface area contributed by atoms with Gasteiger partial charge in [-0.15, -0.1) is 0 Å². The molecule has 1 N–H and O–H groups in total. The standard InChI is InChI=1S/C25H25F6NO3/c1-15(17-12-19(24(26,27)28)14-20(13-17)25(29,30)31)22(35)32-23(18-5-3-2-4-6-18)9-7-16(8-10-23)11-21(33)34/h2-6,12-16H,7-11H2,1H3,(H,32,35)(H,33,34)/p-1. The fourth-order valence-electron chi connectivity index (χ4n) is 4.58. The van der Waals surface area contributed by atoms with Crippen molar-refractivity contribution in [1.82, 2.24) is 5.32 Å². The van der Waals surface area contributed by atoms with Gasteiger partial charge in [0.15, 0.2) is 0 Å². The van der Waals surface area contributed by atoms with Gasteiger partial charge in [0.25, 0.3) is 0 Å². The van der Waals surface area contributed by atoms with E-state index in [0.717, 1.165) is 5.56 Å². The van der Waals surface area contributed by atoms with Crippen LogP contribution in [0.15, 0.2) is 48.5 Å². The Balaban J connectivity index is 1.92. The maximum absolute atomic E-state index is 13.3. The number of rotatable bonds is 6. The highest BCUT2D eigenvalue weighted by Gasteiger charge is 2.41. The van der Waals surface area contributed by atoms with Gasteiger partial charge < -0.3 is 15.2 Å². The maximum atomic E-state index is 13.3. The minimum absolute atomic E-state index is 0.0260. The second kappa shape index (κ2) is 9.91. The number of amides is 1. The van der Waals surface area contributed by atoms with E-state index >= 15 is 0 Å². The molecule has 2 aromatic rings. The minimum Gasteiger partial charge on any atom is -0.550 e. The van der Waals surface area contributed by atoms with E-state index in [1.807, 2.05) is 0 Å². The first kappa shape index (κ1) is 26.6. The topological polar surface area (TPSA) is 69.2 Å². The third-order valence-electron chi connectivity index (χ3n) is 6.61. The Labute approximate surface area is 198 Å². The third-order valence-corrected chi connectivity index (χ3v) is 6.61. The Hall–Kier alpha value is -3.04. The highest BCUT2D eigenvalue weighted by atomic mass is 19.4. The quantitative estimate of drug-likeness (QED) is 0.557. The summed E-state index contributed by atoms with van der Waals surface area (Å²) in [7, 11) is 0. The van der Waals surface area contributed by atoms with Crippen molar-refractivity contribution in [3.8, 4) is 0 Å². The molecule has 1 unspecified atom stereocenters. The van der Waals surface area contributed by atoms with Crippen LogP contribution in [0.5, 0.6) is 0 Å². The lowest BCUT2D eigenvalue weighted by Crippen LogP contribution is -2.49. The molecule has 4 nitrogen and oxygen atoms in total. The highest BCUT2D eigenvalue weighted by molar-refractivity contribution is 5.84. The summed E-state index contributed by atoms with van der Waals surface area (Å²) in [4.78, 5) is 24.2. The van der Waals surface area contributed by atoms with Gasteiger partial charge in [0, 0.05) is 5.97 Å². The molecule has 0 aliphatic heterocycles. The van der Waals surface area contributed by atoms with Gasteiger partial charge in [0.1, 0.15) is 0 Å². The van der Waals surface area contributed by atoms with E-state index in [1.54, 1.807) is 30.3 Å². The van der Waals surface area contributed by atoms with Crippen molar-refractivity contribution >= 4 is 11.9 Å². The van der Waals surface area contributed by atoms with Crippen LogP contribution in [0.2, 0.25) is 0 Å². The van der Waals surface area contributed by atoms with Crippen LogP contribution in [0.25, 0.3) is 0 Å². The van der Waals surface area contributed by atoms with Gasteiger partial charge in [-0.05, 0) is 74.3 Å². The van der Waals surface area contributed by atoms with Crippen molar-refractivity contribution in [2.45, 2.75) is 62.8 Å². The number of hydrogen-bond donors (Lipinski definition) is 1. The first-order valence-corrected chi connectivity index (χ1v) is 11.1. The monoisotopic (exact) mass is 500 g/mol. The lowest BCUT2D eigenvalue weighted by molar-refractivity contribution is -0.307. The molecule has 0 aromatic heterocycles. The number of carbonyl (C=O) groups excluding carboxylic acids is 2. The van der Waals surface area contributed by atoms with Crippen molar-refractivity contribution in [2.75, 3.05) is 0 Å². The summed E-state index contributed by atoms with van der Waals surface area (Å²) in [6.07, 6.45) is -8.52. The van der Waals surface area contributed by atoms with Crippen LogP contribution in [0.3, 0.4) is 0 Å². The smallest absolute Gasteiger partial charge is 0.416 e. The molecule has 190 valence electrons. The zero-order valence-corrected chi connectivity index (χ0v) is 18.8. The van der Waals surface area contributed by atoms with Crippen LogP contribution < -0.4 is 10.4 Å². The van der Waals surface area contributed by atoms with Crippen LogP contribution in [0.4, 0.5) is 26.3 Å². The van der Waals surface area contributed by atoms with E-state index in [1.165, 1.54) is 6.92 Å². The van der Waals surface area contributed by atoms with Gasteiger partial charge in [-0.1, -0.05) is 30.3 Å². The molecule has 35 heavy (non-hydrogen) atoms. The molecule has 1 amide bonds. The molecule has 1 aliphatic rings. The van der Waals surface area contributed by atoms with Crippen LogP contribution in [-0.4, -0.2) is 11.9 Å². The molecular formula is C25H24F6NO3-. The molecule has 10 heteroatoms. The Morgan fingerprint density at radius 1 is 0.971 bits per heavy atom. The molecule has 1 aliphatic carbocycles. The highest BCUT2D eigenvalue weighted by Crippen LogP contribution is 2.42. The lowest BCUT2D eigenvalue weighted by Gasteiger charge is -2.42. The number of aliphatic carboxylic acids is 1. The van der Waals surface area contributed by atoms with Gasteiger partial charge in [-0.3, -0.25) is 4.79 Å². The Bertz CT molecular complexity index is 1020. The summed E-state index contributed by atoms with van der Waals surface area (Å²) in [5.74, 6) is -3.35. The number of carbonyl (C=O) groups is 2. The van der Waals surface area contributed by atoms with Gasteiger partial charge in [-0.2, -0.15) is 26.3 Å². The molecule has 1 saturated carbocycles. The maximum Gasteiger partial charge on any atom is 0.416 e. The molecule has 1 fully saturated rings. The fraction of sp³-hybridized carbons (Fsp3) is 0.440. The predicted molar refractivity (Wildman–Crippen MR) is 113 cm³/mol. The van der Waals surface area contributed by atoms with Crippen LogP contribution in [0.1, 0.15) is 67.2 Å². The number of carboxylic acid groups (broad SMARTS) is 1. The summed E-state index contributed by atoms with van der Waals surface area (Å²) in [5, 5.41) is 13.9. The number of benzene rings is 2. The van der Waals surface area contributed by atoms with Crippen molar-refractivity contribution in [1.29, 1.82) is 0 Å². The molecule has 0 spiro atoms. The predicted octanol–water partition coefficient (Wildman–Crippen LogP) is 5.17.